The first kappa shape index (κ1) is 14.9. The summed E-state index contributed by atoms with van der Waals surface area (Å²) in [5.74, 6) is 0. The summed E-state index contributed by atoms with van der Waals surface area (Å²) in [5, 5.41) is 8.61. The van der Waals surface area contributed by atoms with Crippen LogP contribution < -0.4 is 4.72 Å². The SMILES string of the molecule is CC(C)(CCCO)CNS(=O)(=O)C1CCCC1. The summed E-state index contributed by atoms with van der Waals surface area (Å²) in [5.41, 5.74) is -0.0889. The Morgan fingerprint density at radius 3 is 2.41 bits per heavy atom. The largest absolute Gasteiger partial charge is 0.396 e. The molecule has 0 amide bonds. The molecule has 0 aromatic carbocycles. The third-order valence-electron chi connectivity index (χ3n) is 3.50. The average molecular weight is 263 g/mol. The molecule has 17 heavy (non-hydrogen) atoms. The molecule has 1 saturated carbocycles. The lowest BCUT2D eigenvalue weighted by Crippen LogP contribution is -2.38. The molecule has 0 unspecified atom stereocenters. The van der Waals surface area contributed by atoms with Crippen molar-refractivity contribution >= 4 is 10.0 Å². The van der Waals surface area contributed by atoms with E-state index >= 15 is 0 Å². The van der Waals surface area contributed by atoms with Crippen molar-refractivity contribution in [3.8, 4) is 0 Å². The molecular weight excluding hydrogens is 238 g/mol. The Bertz CT molecular complexity index is 319. The van der Waals surface area contributed by atoms with Crippen LogP contribution in [0.25, 0.3) is 0 Å². The highest BCUT2D eigenvalue weighted by Gasteiger charge is 2.30. The van der Waals surface area contributed by atoms with Crippen LogP contribution in [0, 0.1) is 5.41 Å². The molecule has 0 bridgehead atoms. The molecule has 0 aromatic rings. The predicted molar refractivity (Wildman–Crippen MR) is 69.3 cm³/mol. The van der Waals surface area contributed by atoms with Gasteiger partial charge in [-0.3, -0.25) is 0 Å². The van der Waals surface area contributed by atoms with Gasteiger partial charge in [-0.05, 0) is 31.1 Å². The van der Waals surface area contributed by atoms with Crippen molar-refractivity contribution in [2.24, 2.45) is 5.41 Å². The highest BCUT2D eigenvalue weighted by Crippen LogP contribution is 2.26. The normalized spacial score (nSPS) is 18.8. The molecule has 1 aliphatic carbocycles. The second-order valence-electron chi connectivity index (χ2n) is 5.76. The van der Waals surface area contributed by atoms with Crippen molar-refractivity contribution in [3.63, 3.8) is 0 Å². The van der Waals surface area contributed by atoms with Gasteiger partial charge in [0.05, 0.1) is 5.25 Å². The summed E-state index contributed by atoms with van der Waals surface area (Å²) in [6.45, 7) is 4.68. The predicted octanol–water partition coefficient (Wildman–Crippen LogP) is 1.65. The standard InChI is InChI=1S/C12H25NO3S/c1-12(2,8-5-9-14)10-13-17(15,16)11-6-3-4-7-11/h11,13-14H,3-10H2,1-2H3. The van der Waals surface area contributed by atoms with E-state index in [0.717, 1.165) is 38.5 Å². The Labute approximate surface area is 105 Å². The van der Waals surface area contributed by atoms with Gasteiger partial charge in [-0.15, -0.1) is 0 Å². The van der Waals surface area contributed by atoms with E-state index < -0.39 is 10.0 Å². The van der Waals surface area contributed by atoms with Gasteiger partial charge in [0.25, 0.3) is 0 Å². The van der Waals surface area contributed by atoms with E-state index in [1.54, 1.807) is 0 Å². The monoisotopic (exact) mass is 263 g/mol. The number of nitrogens with one attached hydrogen (secondary N) is 1. The molecule has 0 atom stereocenters. The zero-order valence-electron chi connectivity index (χ0n) is 10.9. The van der Waals surface area contributed by atoms with E-state index in [1.165, 1.54) is 0 Å². The van der Waals surface area contributed by atoms with Crippen LogP contribution in [0.2, 0.25) is 0 Å². The van der Waals surface area contributed by atoms with Crippen LogP contribution >= 0.6 is 0 Å². The molecule has 0 saturated heterocycles. The van der Waals surface area contributed by atoms with Crippen LogP contribution in [0.15, 0.2) is 0 Å². The van der Waals surface area contributed by atoms with E-state index in [4.69, 9.17) is 5.11 Å². The molecule has 0 spiro atoms. The molecule has 102 valence electrons. The molecule has 0 heterocycles. The lowest BCUT2D eigenvalue weighted by atomic mass is 9.88. The van der Waals surface area contributed by atoms with Crippen molar-refractivity contribution in [2.75, 3.05) is 13.2 Å². The zero-order chi connectivity index (χ0) is 12.9. The van der Waals surface area contributed by atoms with Crippen molar-refractivity contribution in [3.05, 3.63) is 0 Å². The topological polar surface area (TPSA) is 66.4 Å². The van der Waals surface area contributed by atoms with Gasteiger partial charge in [0.2, 0.25) is 10.0 Å². The molecule has 0 radical (unpaired) electrons. The van der Waals surface area contributed by atoms with Gasteiger partial charge in [0.15, 0.2) is 0 Å². The third kappa shape index (κ3) is 4.94. The smallest absolute Gasteiger partial charge is 0.214 e. The number of sulfonamides is 1. The summed E-state index contributed by atoms with van der Waals surface area (Å²) in [4.78, 5) is 0. The Morgan fingerprint density at radius 2 is 1.88 bits per heavy atom. The van der Waals surface area contributed by atoms with Crippen LogP contribution in [0.3, 0.4) is 0 Å². The van der Waals surface area contributed by atoms with E-state index in [1.807, 2.05) is 13.8 Å². The Kier molecular flexibility index (Phi) is 5.41. The van der Waals surface area contributed by atoms with E-state index in [-0.39, 0.29) is 17.3 Å². The van der Waals surface area contributed by atoms with Crippen LogP contribution in [-0.2, 0) is 10.0 Å². The van der Waals surface area contributed by atoms with Gasteiger partial charge in [-0.1, -0.05) is 26.7 Å². The lowest BCUT2D eigenvalue weighted by Gasteiger charge is -2.25. The van der Waals surface area contributed by atoms with Gasteiger partial charge in [-0.2, -0.15) is 0 Å². The lowest BCUT2D eigenvalue weighted by molar-refractivity contribution is 0.242. The summed E-state index contributed by atoms with van der Waals surface area (Å²) < 4.78 is 26.7. The fourth-order valence-electron chi connectivity index (χ4n) is 2.26. The third-order valence-corrected chi connectivity index (χ3v) is 5.40. The van der Waals surface area contributed by atoms with Crippen LogP contribution in [0.5, 0.6) is 0 Å². The van der Waals surface area contributed by atoms with E-state index in [0.29, 0.717) is 6.54 Å². The van der Waals surface area contributed by atoms with Crippen molar-refractivity contribution in [2.45, 2.75) is 57.6 Å². The molecule has 5 heteroatoms. The molecular formula is C12H25NO3S. The van der Waals surface area contributed by atoms with Gasteiger partial charge in [0.1, 0.15) is 0 Å². The maximum atomic E-state index is 12.0. The second-order valence-corrected chi connectivity index (χ2v) is 7.81. The highest BCUT2D eigenvalue weighted by atomic mass is 32.2. The van der Waals surface area contributed by atoms with E-state index in [2.05, 4.69) is 4.72 Å². The number of hydrogen-bond donors (Lipinski definition) is 2. The first-order chi connectivity index (χ1) is 7.87. The molecule has 4 nitrogen and oxygen atoms in total. The number of rotatable bonds is 7. The van der Waals surface area contributed by atoms with Gasteiger partial charge >= 0.3 is 0 Å². The zero-order valence-corrected chi connectivity index (χ0v) is 11.7. The van der Waals surface area contributed by atoms with Crippen LogP contribution in [0.4, 0.5) is 0 Å². The molecule has 1 aliphatic rings. The van der Waals surface area contributed by atoms with Gasteiger partial charge < -0.3 is 5.11 Å². The quantitative estimate of drug-likeness (QED) is 0.734. The van der Waals surface area contributed by atoms with Gasteiger partial charge in [-0.25, -0.2) is 13.1 Å². The maximum absolute atomic E-state index is 12.0. The molecule has 2 N–H and O–H groups in total. The van der Waals surface area contributed by atoms with Crippen molar-refractivity contribution in [1.29, 1.82) is 0 Å². The molecule has 0 aliphatic heterocycles. The van der Waals surface area contributed by atoms with Crippen molar-refractivity contribution < 1.29 is 13.5 Å². The summed E-state index contributed by atoms with van der Waals surface area (Å²) in [6.07, 6.45) is 5.20. The Balaban J connectivity index is 2.43. The first-order valence-corrected chi connectivity index (χ1v) is 8.01. The van der Waals surface area contributed by atoms with E-state index in [9.17, 15) is 8.42 Å². The second kappa shape index (κ2) is 6.16. The molecule has 1 rings (SSSR count). The summed E-state index contributed by atoms with van der Waals surface area (Å²) in [6, 6.07) is 0. The number of hydrogen-bond acceptors (Lipinski definition) is 3. The van der Waals surface area contributed by atoms with Crippen molar-refractivity contribution in [1.82, 2.24) is 4.72 Å². The maximum Gasteiger partial charge on any atom is 0.214 e. The average Bonchev–Trinajstić information content (AvgIpc) is 2.78. The first-order valence-electron chi connectivity index (χ1n) is 6.47. The molecule has 0 aromatic heterocycles. The summed E-state index contributed by atoms with van der Waals surface area (Å²) in [7, 11) is -3.13. The minimum absolute atomic E-state index is 0.0889. The highest BCUT2D eigenvalue weighted by molar-refractivity contribution is 7.90. The Morgan fingerprint density at radius 1 is 1.29 bits per heavy atom. The Hall–Kier alpha value is -0.130. The fraction of sp³-hybridized carbons (Fsp3) is 1.00. The number of aliphatic hydroxyl groups is 1. The van der Waals surface area contributed by atoms with Crippen LogP contribution in [0.1, 0.15) is 52.4 Å². The minimum atomic E-state index is -3.13. The molecule has 1 fully saturated rings. The number of aliphatic hydroxyl groups excluding tert-OH is 1. The fourth-order valence-corrected chi connectivity index (χ4v) is 4.04. The minimum Gasteiger partial charge on any atom is -0.396 e. The van der Waals surface area contributed by atoms with Crippen LogP contribution in [-0.4, -0.2) is 31.9 Å². The summed E-state index contributed by atoms with van der Waals surface area (Å²) >= 11 is 0. The van der Waals surface area contributed by atoms with Gasteiger partial charge in [0, 0.05) is 13.2 Å².